The molecular formula is C15H20N4O. The fourth-order valence-electron chi connectivity index (χ4n) is 3.60. The average Bonchev–Trinajstić information content (AvgIpc) is 3.14. The lowest BCUT2D eigenvalue weighted by atomic mass is 9.62. The zero-order valence-electron chi connectivity index (χ0n) is 11.6. The van der Waals surface area contributed by atoms with Gasteiger partial charge in [-0.1, -0.05) is 6.42 Å². The number of hydrogen-bond donors (Lipinski definition) is 1. The normalized spacial score (nSPS) is 27.4. The third kappa shape index (κ3) is 1.96. The van der Waals surface area contributed by atoms with Gasteiger partial charge >= 0.3 is 0 Å². The lowest BCUT2D eigenvalue weighted by Gasteiger charge is -2.41. The monoisotopic (exact) mass is 272 g/mol. The van der Waals surface area contributed by atoms with Gasteiger partial charge in [0.15, 0.2) is 0 Å². The highest BCUT2D eigenvalue weighted by atomic mass is 16.2. The summed E-state index contributed by atoms with van der Waals surface area (Å²) in [6, 6.07) is 2.28. The Balaban J connectivity index is 1.54. The van der Waals surface area contributed by atoms with Crippen molar-refractivity contribution in [3.05, 3.63) is 18.5 Å². The molecule has 2 saturated carbocycles. The Kier molecular flexibility index (Phi) is 2.69. The van der Waals surface area contributed by atoms with Crippen molar-refractivity contribution in [1.29, 1.82) is 0 Å². The minimum atomic E-state index is 0.112. The molecule has 2 aliphatic carbocycles. The van der Waals surface area contributed by atoms with Crippen LogP contribution in [0.3, 0.4) is 0 Å². The van der Waals surface area contributed by atoms with Crippen LogP contribution in [0.5, 0.6) is 0 Å². The Labute approximate surface area is 118 Å². The van der Waals surface area contributed by atoms with Crippen LogP contribution in [0.4, 0.5) is 5.95 Å². The van der Waals surface area contributed by atoms with Crippen LogP contribution in [0.15, 0.2) is 18.5 Å². The van der Waals surface area contributed by atoms with E-state index >= 15 is 0 Å². The maximum atomic E-state index is 12.5. The van der Waals surface area contributed by atoms with E-state index in [1.54, 1.807) is 12.4 Å². The summed E-state index contributed by atoms with van der Waals surface area (Å²) < 4.78 is 0. The van der Waals surface area contributed by atoms with Crippen LogP contribution in [-0.4, -0.2) is 35.0 Å². The Morgan fingerprint density at radius 2 is 2.05 bits per heavy atom. The number of nitrogens with one attached hydrogen (secondary N) is 1. The predicted octanol–water partition coefficient (Wildman–Crippen LogP) is 1.36. The van der Waals surface area contributed by atoms with Crippen LogP contribution in [-0.2, 0) is 4.79 Å². The third-order valence-electron chi connectivity index (χ3n) is 5.07. The van der Waals surface area contributed by atoms with Gasteiger partial charge in [0.25, 0.3) is 0 Å². The molecule has 1 N–H and O–H groups in total. The highest BCUT2D eigenvalue weighted by Crippen LogP contribution is 2.52. The van der Waals surface area contributed by atoms with Crippen LogP contribution in [0.25, 0.3) is 0 Å². The molecule has 1 aromatic heterocycles. The van der Waals surface area contributed by atoms with Gasteiger partial charge < -0.3 is 10.2 Å². The molecule has 3 fully saturated rings. The summed E-state index contributed by atoms with van der Waals surface area (Å²) in [5, 5.41) is 3.18. The van der Waals surface area contributed by atoms with Crippen molar-refractivity contribution in [3.8, 4) is 0 Å². The van der Waals surface area contributed by atoms with Gasteiger partial charge in [-0.05, 0) is 31.7 Å². The summed E-state index contributed by atoms with van der Waals surface area (Å²) >= 11 is 0. The van der Waals surface area contributed by atoms with Crippen molar-refractivity contribution >= 4 is 11.9 Å². The topological polar surface area (TPSA) is 58.1 Å². The summed E-state index contributed by atoms with van der Waals surface area (Å²) in [7, 11) is 0. The average molecular weight is 272 g/mol. The molecule has 5 nitrogen and oxygen atoms in total. The molecule has 20 heavy (non-hydrogen) atoms. The Bertz CT molecular complexity index is 510. The number of hydrogen-bond acceptors (Lipinski definition) is 4. The van der Waals surface area contributed by atoms with Gasteiger partial charge in [0.2, 0.25) is 11.9 Å². The van der Waals surface area contributed by atoms with Crippen molar-refractivity contribution in [2.24, 2.45) is 11.3 Å². The fraction of sp³-hybridized carbons (Fsp3) is 0.667. The summed E-state index contributed by atoms with van der Waals surface area (Å²) in [6.45, 7) is 1.70. The quantitative estimate of drug-likeness (QED) is 0.902. The van der Waals surface area contributed by atoms with Crippen LogP contribution >= 0.6 is 0 Å². The van der Waals surface area contributed by atoms with Crippen LogP contribution in [0.1, 0.15) is 32.1 Å². The van der Waals surface area contributed by atoms with E-state index in [4.69, 9.17) is 0 Å². The van der Waals surface area contributed by atoms with Gasteiger partial charge in [0, 0.05) is 36.9 Å². The Morgan fingerprint density at radius 3 is 2.65 bits per heavy atom. The molecule has 5 heteroatoms. The predicted molar refractivity (Wildman–Crippen MR) is 75.2 cm³/mol. The number of carbonyl (C=O) groups is 1. The van der Waals surface area contributed by atoms with Crippen LogP contribution in [0.2, 0.25) is 0 Å². The van der Waals surface area contributed by atoms with E-state index in [1.807, 2.05) is 6.07 Å². The van der Waals surface area contributed by atoms with Crippen molar-refractivity contribution < 1.29 is 4.79 Å². The summed E-state index contributed by atoms with van der Waals surface area (Å²) in [4.78, 5) is 23.4. The maximum Gasteiger partial charge on any atom is 0.225 e. The zero-order chi connectivity index (χ0) is 13.6. The van der Waals surface area contributed by atoms with E-state index < -0.39 is 0 Å². The molecule has 106 valence electrons. The standard InChI is InChI=1S/C15H20N4O/c20-13(18-11-3-4-11)12-9-19(10-15(12)5-1-6-15)14-16-7-2-8-17-14/h2,7-8,11-12H,1,3-6,9-10H2,(H,18,20). The smallest absolute Gasteiger partial charge is 0.225 e. The molecule has 1 spiro atoms. The molecule has 3 aliphatic rings. The van der Waals surface area contributed by atoms with E-state index in [-0.39, 0.29) is 17.2 Å². The SMILES string of the molecule is O=C(NC1CC1)C1CN(c2ncccn2)CC12CCC2. The molecule has 0 aromatic carbocycles. The first-order chi connectivity index (χ1) is 9.77. The molecule has 4 rings (SSSR count). The van der Waals surface area contributed by atoms with Crippen molar-refractivity contribution in [2.45, 2.75) is 38.1 Å². The van der Waals surface area contributed by atoms with E-state index in [0.29, 0.717) is 6.04 Å². The molecule has 0 radical (unpaired) electrons. The first kappa shape index (κ1) is 12.1. The number of nitrogens with zero attached hydrogens (tertiary/aromatic N) is 3. The van der Waals surface area contributed by atoms with Crippen molar-refractivity contribution in [3.63, 3.8) is 0 Å². The molecule has 1 amide bonds. The zero-order valence-corrected chi connectivity index (χ0v) is 11.6. The minimum Gasteiger partial charge on any atom is -0.353 e. The molecular weight excluding hydrogens is 252 g/mol. The van der Waals surface area contributed by atoms with E-state index in [1.165, 1.54) is 19.3 Å². The molecule has 1 saturated heterocycles. The molecule has 1 aromatic rings. The van der Waals surface area contributed by atoms with E-state index in [0.717, 1.165) is 31.9 Å². The van der Waals surface area contributed by atoms with Crippen molar-refractivity contribution in [2.75, 3.05) is 18.0 Å². The lowest BCUT2D eigenvalue weighted by Crippen LogP contribution is -2.45. The second-order valence-electron chi connectivity index (χ2n) is 6.48. The minimum absolute atomic E-state index is 0.112. The summed E-state index contributed by atoms with van der Waals surface area (Å²) in [6.07, 6.45) is 9.42. The van der Waals surface area contributed by atoms with Gasteiger partial charge in [-0.3, -0.25) is 4.79 Å². The highest BCUT2D eigenvalue weighted by molar-refractivity contribution is 5.81. The summed E-state index contributed by atoms with van der Waals surface area (Å²) in [5.41, 5.74) is 0.179. The Hall–Kier alpha value is -1.65. The lowest BCUT2D eigenvalue weighted by molar-refractivity contribution is -0.129. The number of amides is 1. The molecule has 2 heterocycles. The van der Waals surface area contributed by atoms with E-state index in [2.05, 4.69) is 20.2 Å². The van der Waals surface area contributed by atoms with Gasteiger partial charge in [0.05, 0.1) is 5.92 Å². The highest BCUT2D eigenvalue weighted by Gasteiger charge is 2.54. The van der Waals surface area contributed by atoms with Crippen LogP contribution < -0.4 is 10.2 Å². The van der Waals surface area contributed by atoms with Gasteiger partial charge in [0.1, 0.15) is 0 Å². The van der Waals surface area contributed by atoms with Crippen molar-refractivity contribution in [1.82, 2.24) is 15.3 Å². The maximum absolute atomic E-state index is 12.5. The Morgan fingerprint density at radius 1 is 1.30 bits per heavy atom. The number of aromatic nitrogens is 2. The number of carbonyl (C=O) groups excluding carboxylic acids is 1. The van der Waals surface area contributed by atoms with Crippen LogP contribution in [0, 0.1) is 11.3 Å². The first-order valence-electron chi connectivity index (χ1n) is 7.59. The number of anilines is 1. The number of rotatable bonds is 3. The van der Waals surface area contributed by atoms with E-state index in [9.17, 15) is 4.79 Å². The molecule has 1 aliphatic heterocycles. The summed E-state index contributed by atoms with van der Waals surface area (Å²) in [5.74, 6) is 1.13. The molecule has 1 atom stereocenters. The van der Waals surface area contributed by atoms with Gasteiger partial charge in [-0.2, -0.15) is 0 Å². The second kappa shape index (κ2) is 4.43. The fourth-order valence-corrected chi connectivity index (χ4v) is 3.60. The first-order valence-corrected chi connectivity index (χ1v) is 7.59. The largest absolute Gasteiger partial charge is 0.353 e. The molecule has 1 unspecified atom stereocenters. The van der Waals surface area contributed by atoms with Gasteiger partial charge in [-0.15, -0.1) is 0 Å². The third-order valence-corrected chi connectivity index (χ3v) is 5.07. The van der Waals surface area contributed by atoms with Gasteiger partial charge in [-0.25, -0.2) is 9.97 Å². The molecule has 0 bridgehead atoms. The second-order valence-corrected chi connectivity index (χ2v) is 6.48.